The second-order valence-electron chi connectivity index (χ2n) is 5.60. The van der Waals surface area contributed by atoms with Gasteiger partial charge in [0, 0.05) is 24.8 Å². The van der Waals surface area contributed by atoms with Gasteiger partial charge in [-0.3, -0.25) is 4.79 Å². The highest BCUT2D eigenvalue weighted by molar-refractivity contribution is 5.41. The second kappa shape index (κ2) is 5.59. The number of rotatable bonds is 3. The van der Waals surface area contributed by atoms with E-state index in [2.05, 4.69) is 19.2 Å². The van der Waals surface area contributed by atoms with Gasteiger partial charge >= 0.3 is 0 Å². The summed E-state index contributed by atoms with van der Waals surface area (Å²) in [7, 11) is 0. The second-order valence-corrected chi connectivity index (χ2v) is 5.60. The van der Waals surface area contributed by atoms with Crippen LogP contribution in [0.15, 0.2) is 23.1 Å². The molecule has 1 N–H and O–H groups in total. The fourth-order valence-corrected chi connectivity index (χ4v) is 3.02. The van der Waals surface area contributed by atoms with Gasteiger partial charge in [-0.25, -0.2) is 0 Å². The summed E-state index contributed by atoms with van der Waals surface area (Å²) in [6, 6.07) is 4.09. The molecule has 1 saturated carbocycles. The van der Waals surface area contributed by atoms with Gasteiger partial charge in [-0.15, -0.1) is 0 Å². The van der Waals surface area contributed by atoms with Crippen LogP contribution in [0.25, 0.3) is 0 Å². The molecule has 0 aliphatic heterocycles. The largest absolute Gasteiger partial charge is 0.381 e. The van der Waals surface area contributed by atoms with Crippen molar-refractivity contribution < 1.29 is 0 Å². The summed E-state index contributed by atoms with van der Waals surface area (Å²) in [6.45, 7) is 7.37. The lowest BCUT2D eigenvalue weighted by atomic mass is 9.78. The first-order valence-electron chi connectivity index (χ1n) is 7.09. The summed E-state index contributed by atoms with van der Waals surface area (Å²) in [5, 5.41) is 3.62. The summed E-state index contributed by atoms with van der Waals surface area (Å²) < 4.78 is 1.75. The topological polar surface area (TPSA) is 34.0 Å². The van der Waals surface area contributed by atoms with Gasteiger partial charge < -0.3 is 9.88 Å². The molecule has 1 aromatic rings. The number of nitrogens with zero attached hydrogens (tertiary/aromatic N) is 1. The van der Waals surface area contributed by atoms with E-state index in [4.69, 9.17) is 0 Å². The van der Waals surface area contributed by atoms with Crippen molar-refractivity contribution >= 4 is 5.69 Å². The Labute approximate surface area is 109 Å². The van der Waals surface area contributed by atoms with Crippen molar-refractivity contribution in [1.29, 1.82) is 0 Å². The van der Waals surface area contributed by atoms with E-state index in [0.29, 0.717) is 17.9 Å². The zero-order chi connectivity index (χ0) is 13.1. The number of anilines is 1. The molecule has 100 valence electrons. The van der Waals surface area contributed by atoms with E-state index in [1.54, 1.807) is 10.6 Å². The average Bonchev–Trinajstić information content (AvgIpc) is 2.36. The van der Waals surface area contributed by atoms with Crippen molar-refractivity contribution in [1.82, 2.24) is 4.57 Å². The molecule has 0 amide bonds. The molecule has 18 heavy (non-hydrogen) atoms. The molecule has 0 aromatic carbocycles. The van der Waals surface area contributed by atoms with Gasteiger partial charge in [0.15, 0.2) is 0 Å². The summed E-state index contributed by atoms with van der Waals surface area (Å²) in [6.07, 6.45) is 5.89. The van der Waals surface area contributed by atoms with Crippen LogP contribution in [-0.2, 0) is 6.54 Å². The third kappa shape index (κ3) is 2.77. The first kappa shape index (κ1) is 13.2. The van der Waals surface area contributed by atoms with E-state index < -0.39 is 0 Å². The third-order valence-corrected chi connectivity index (χ3v) is 4.20. The van der Waals surface area contributed by atoms with Crippen LogP contribution in [0.4, 0.5) is 5.69 Å². The quantitative estimate of drug-likeness (QED) is 0.892. The molecule has 0 spiro atoms. The van der Waals surface area contributed by atoms with Crippen LogP contribution in [-0.4, -0.2) is 10.6 Å². The van der Waals surface area contributed by atoms with Gasteiger partial charge in [0.05, 0.1) is 5.69 Å². The highest BCUT2D eigenvalue weighted by Crippen LogP contribution is 2.31. The maximum atomic E-state index is 11.6. The third-order valence-electron chi connectivity index (χ3n) is 4.20. The minimum Gasteiger partial charge on any atom is -0.381 e. The van der Waals surface area contributed by atoms with Crippen molar-refractivity contribution in [3.8, 4) is 0 Å². The molecule has 2 rings (SSSR count). The molecule has 1 aliphatic carbocycles. The Kier molecular flexibility index (Phi) is 4.10. The number of aryl methyl sites for hydroxylation is 1. The summed E-state index contributed by atoms with van der Waals surface area (Å²) >= 11 is 0. The summed E-state index contributed by atoms with van der Waals surface area (Å²) in [5.74, 6) is 1.41. The zero-order valence-electron chi connectivity index (χ0n) is 11.6. The van der Waals surface area contributed by atoms with Crippen LogP contribution < -0.4 is 10.9 Å². The predicted octanol–water partition coefficient (Wildman–Crippen LogP) is 3.10. The summed E-state index contributed by atoms with van der Waals surface area (Å²) in [5.41, 5.74) is 1.15. The van der Waals surface area contributed by atoms with E-state index in [9.17, 15) is 4.79 Å². The van der Waals surface area contributed by atoms with Crippen molar-refractivity contribution in [2.75, 3.05) is 5.32 Å². The molecule has 2 unspecified atom stereocenters. The maximum Gasteiger partial charge on any atom is 0.250 e. The fraction of sp³-hybridized carbons (Fsp3) is 0.667. The standard InChI is InChI=1S/C15H24N2O/c1-4-17-10-13(8-9-14(17)18)16-15-11(2)6-5-7-12(15)3/h8-12,15-16H,4-7H2,1-3H3. The van der Waals surface area contributed by atoms with Gasteiger partial charge in [0.1, 0.15) is 0 Å². The molecule has 0 radical (unpaired) electrons. The van der Waals surface area contributed by atoms with Gasteiger partial charge in [-0.1, -0.05) is 20.3 Å². The van der Waals surface area contributed by atoms with Crippen LogP contribution in [0.2, 0.25) is 0 Å². The number of hydrogen-bond acceptors (Lipinski definition) is 2. The molecular weight excluding hydrogens is 224 g/mol. The molecule has 1 aromatic heterocycles. The lowest BCUT2D eigenvalue weighted by Crippen LogP contribution is -2.37. The number of nitrogens with one attached hydrogen (secondary N) is 1. The Morgan fingerprint density at radius 1 is 1.28 bits per heavy atom. The van der Waals surface area contributed by atoms with Crippen molar-refractivity contribution in [2.45, 2.75) is 52.6 Å². The molecule has 1 heterocycles. The molecule has 3 nitrogen and oxygen atoms in total. The van der Waals surface area contributed by atoms with Crippen LogP contribution in [0.3, 0.4) is 0 Å². The molecule has 0 saturated heterocycles. The Morgan fingerprint density at radius 2 is 1.94 bits per heavy atom. The zero-order valence-corrected chi connectivity index (χ0v) is 11.6. The van der Waals surface area contributed by atoms with Crippen LogP contribution in [0, 0.1) is 11.8 Å². The molecule has 1 aliphatic rings. The van der Waals surface area contributed by atoms with Gasteiger partial charge in [-0.2, -0.15) is 0 Å². The predicted molar refractivity (Wildman–Crippen MR) is 76.0 cm³/mol. The number of pyridine rings is 1. The van der Waals surface area contributed by atoms with E-state index >= 15 is 0 Å². The Morgan fingerprint density at radius 3 is 2.56 bits per heavy atom. The maximum absolute atomic E-state index is 11.6. The SMILES string of the molecule is CCn1cc(NC2C(C)CCCC2C)ccc1=O. The fourth-order valence-electron chi connectivity index (χ4n) is 3.02. The highest BCUT2D eigenvalue weighted by atomic mass is 16.1. The molecule has 1 fully saturated rings. The van der Waals surface area contributed by atoms with Gasteiger partial charge in [0.2, 0.25) is 0 Å². The average molecular weight is 248 g/mol. The first-order valence-corrected chi connectivity index (χ1v) is 7.09. The summed E-state index contributed by atoms with van der Waals surface area (Å²) in [4.78, 5) is 11.6. The monoisotopic (exact) mass is 248 g/mol. The van der Waals surface area contributed by atoms with Crippen molar-refractivity contribution in [3.63, 3.8) is 0 Å². The van der Waals surface area contributed by atoms with Crippen molar-refractivity contribution in [3.05, 3.63) is 28.7 Å². The minimum absolute atomic E-state index is 0.0767. The van der Waals surface area contributed by atoms with E-state index in [0.717, 1.165) is 12.2 Å². The van der Waals surface area contributed by atoms with E-state index in [-0.39, 0.29) is 5.56 Å². The molecule has 3 heteroatoms. The van der Waals surface area contributed by atoms with E-state index in [1.165, 1.54) is 19.3 Å². The number of hydrogen-bond donors (Lipinski definition) is 1. The molecule has 0 bridgehead atoms. The smallest absolute Gasteiger partial charge is 0.250 e. The lowest BCUT2D eigenvalue weighted by molar-refractivity contribution is 0.268. The van der Waals surface area contributed by atoms with Crippen LogP contribution in [0.1, 0.15) is 40.0 Å². The number of aromatic nitrogens is 1. The Balaban J connectivity index is 2.15. The normalized spacial score (nSPS) is 28.1. The van der Waals surface area contributed by atoms with Crippen LogP contribution in [0.5, 0.6) is 0 Å². The van der Waals surface area contributed by atoms with Gasteiger partial charge in [0.25, 0.3) is 5.56 Å². The highest BCUT2D eigenvalue weighted by Gasteiger charge is 2.27. The Hall–Kier alpha value is -1.25. The van der Waals surface area contributed by atoms with Crippen LogP contribution >= 0.6 is 0 Å². The lowest BCUT2D eigenvalue weighted by Gasteiger charge is -2.36. The van der Waals surface area contributed by atoms with Crippen molar-refractivity contribution in [2.24, 2.45) is 11.8 Å². The van der Waals surface area contributed by atoms with E-state index in [1.807, 2.05) is 19.2 Å². The Bertz CT molecular complexity index is 442. The minimum atomic E-state index is 0.0767. The first-order chi connectivity index (χ1) is 8.61. The van der Waals surface area contributed by atoms with Gasteiger partial charge in [-0.05, 0) is 37.7 Å². The molecular formula is C15H24N2O. The molecule has 2 atom stereocenters.